The molecule has 1 aromatic heterocycles. The summed E-state index contributed by atoms with van der Waals surface area (Å²) in [5.41, 5.74) is 1.13. The van der Waals surface area contributed by atoms with Gasteiger partial charge in [-0.3, -0.25) is 4.98 Å². The van der Waals surface area contributed by atoms with Crippen LogP contribution in [-0.2, 0) is 11.3 Å². The minimum absolute atomic E-state index is 0.215. The van der Waals surface area contributed by atoms with Crippen molar-refractivity contribution in [2.45, 2.75) is 6.61 Å². The van der Waals surface area contributed by atoms with Crippen LogP contribution >= 0.6 is 15.9 Å². The molecule has 0 spiro atoms. The Morgan fingerprint density at radius 3 is 2.71 bits per heavy atom. The Morgan fingerprint density at radius 1 is 1.12 bits per heavy atom. The molecule has 0 atom stereocenters. The van der Waals surface area contributed by atoms with Gasteiger partial charge in [-0.2, -0.15) is 0 Å². The molecule has 88 valence electrons. The van der Waals surface area contributed by atoms with Gasteiger partial charge in [0.1, 0.15) is 5.75 Å². The highest BCUT2D eigenvalue weighted by molar-refractivity contribution is 9.10. The van der Waals surface area contributed by atoms with Crippen molar-refractivity contribution in [2.24, 2.45) is 0 Å². The molecule has 1 aromatic carbocycles. The maximum Gasteiger partial charge on any atom is 0.189 e. The van der Waals surface area contributed by atoms with Crippen molar-refractivity contribution in [3.05, 3.63) is 58.8 Å². The lowest BCUT2D eigenvalue weighted by molar-refractivity contribution is 0.00482. The van der Waals surface area contributed by atoms with Crippen molar-refractivity contribution >= 4 is 15.9 Å². The van der Waals surface area contributed by atoms with Crippen LogP contribution in [0.1, 0.15) is 5.56 Å². The number of rotatable bonds is 5. The number of benzene rings is 1. The molecule has 4 heteroatoms. The summed E-state index contributed by atoms with van der Waals surface area (Å²) in [6, 6.07) is 11.8. The summed E-state index contributed by atoms with van der Waals surface area (Å²) in [5, 5.41) is 0. The first-order valence-corrected chi connectivity index (χ1v) is 5.99. The van der Waals surface area contributed by atoms with Crippen molar-refractivity contribution in [1.29, 1.82) is 0 Å². The van der Waals surface area contributed by atoms with Crippen LogP contribution in [0.25, 0.3) is 0 Å². The van der Waals surface area contributed by atoms with Crippen LogP contribution in [0.5, 0.6) is 5.75 Å². The number of ether oxygens (including phenoxy) is 2. The molecule has 0 aliphatic heterocycles. The van der Waals surface area contributed by atoms with E-state index in [1.165, 1.54) is 0 Å². The summed E-state index contributed by atoms with van der Waals surface area (Å²) in [5.74, 6) is 0.687. The average molecular weight is 294 g/mol. The second-order valence-electron chi connectivity index (χ2n) is 3.44. The Balaban J connectivity index is 1.73. The molecule has 0 unspecified atom stereocenters. The molecule has 0 saturated heterocycles. The van der Waals surface area contributed by atoms with Crippen LogP contribution < -0.4 is 4.74 Å². The summed E-state index contributed by atoms with van der Waals surface area (Å²) in [7, 11) is 0. The lowest BCUT2D eigenvalue weighted by Crippen LogP contribution is -2.03. The van der Waals surface area contributed by atoms with Gasteiger partial charge in [0.05, 0.1) is 12.8 Å². The highest BCUT2D eigenvalue weighted by Crippen LogP contribution is 2.15. The van der Waals surface area contributed by atoms with Gasteiger partial charge in [-0.1, -0.05) is 30.3 Å². The first-order valence-electron chi connectivity index (χ1n) is 5.19. The van der Waals surface area contributed by atoms with Crippen LogP contribution in [-0.4, -0.2) is 11.8 Å². The molecular formula is C13H12BrNO2. The molecule has 0 saturated carbocycles. The summed E-state index contributed by atoms with van der Waals surface area (Å²) in [4.78, 5) is 3.99. The van der Waals surface area contributed by atoms with Gasteiger partial charge < -0.3 is 9.47 Å². The Hall–Kier alpha value is -1.39. The van der Waals surface area contributed by atoms with Gasteiger partial charge in [-0.05, 0) is 27.6 Å². The highest BCUT2D eigenvalue weighted by Gasteiger charge is 1.96. The molecule has 1 heterocycles. The topological polar surface area (TPSA) is 31.4 Å². The van der Waals surface area contributed by atoms with E-state index in [4.69, 9.17) is 9.47 Å². The summed E-state index contributed by atoms with van der Waals surface area (Å²) in [6.07, 6.45) is 3.36. The van der Waals surface area contributed by atoms with E-state index >= 15 is 0 Å². The van der Waals surface area contributed by atoms with Crippen LogP contribution in [0.4, 0.5) is 0 Å². The molecule has 17 heavy (non-hydrogen) atoms. The smallest absolute Gasteiger partial charge is 0.189 e. The predicted octanol–water partition coefficient (Wildman–Crippen LogP) is 3.40. The van der Waals surface area contributed by atoms with E-state index in [1.54, 1.807) is 12.4 Å². The zero-order chi connectivity index (χ0) is 11.9. The van der Waals surface area contributed by atoms with Crippen molar-refractivity contribution < 1.29 is 9.47 Å². The quantitative estimate of drug-likeness (QED) is 0.625. The SMILES string of the molecule is Brc1cncc(OCOCc2ccccc2)c1. The van der Waals surface area contributed by atoms with E-state index in [9.17, 15) is 0 Å². The second kappa shape index (κ2) is 6.37. The lowest BCUT2D eigenvalue weighted by Gasteiger charge is -2.07. The number of hydrogen-bond acceptors (Lipinski definition) is 3. The number of halogens is 1. The van der Waals surface area contributed by atoms with Crippen LogP contribution in [0.15, 0.2) is 53.3 Å². The van der Waals surface area contributed by atoms with E-state index in [0.717, 1.165) is 10.0 Å². The molecule has 2 rings (SSSR count). The van der Waals surface area contributed by atoms with Gasteiger partial charge >= 0.3 is 0 Å². The Morgan fingerprint density at radius 2 is 1.94 bits per heavy atom. The fourth-order valence-corrected chi connectivity index (χ4v) is 1.66. The molecule has 0 amide bonds. The van der Waals surface area contributed by atoms with Crippen molar-refractivity contribution in [3.8, 4) is 5.75 Å². The number of nitrogens with zero attached hydrogens (tertiary/aromatic N) is 1. The van der Waals surface area contributed by atoms with Gasteiger partial charge in [0.2, 0.25) is 0 Å². The largest absolute Gasteiger partial charge is 0.466 e. The zero-order valence-corrected chi connectivity index (χ0v) is 10.8. The van der Waals surface area contributed by atoms with Gasteiger partial charge in [0.25, 0.3) is 0 Å². The summed E-state index contributed by atoms with van der Waals surface area (Å²) >= 11 is 3.32. The third kappa shape index (κ3) is 4.17. The van der Waals surface area contributed by atoms with Crippen LogP contribution in [0.3, 0.4) is 0 Å². The monoisotopic (exact) mass is 293 g/mol. The molecule has 2 aromatic rings. The maximum absolute atomic E-state index is 5.40. The van der Waals surface area contributed by atoms with E-state index in [-0.39, 0.29) is 6.79 Å². The number of pyridine rings is 1. The van der Waals surface area contributed by atoms with Crippen molar-refractivity contribution in [3.63, 3.8) is 0 Å². The molecular weight excluding hydrogens is 282 g/mol. The average Bonchev–Trinajstić information content (AvgIpc) is 2.36. The minimum Gasteiger partial charge on any atom is -0.466 e. The lowest BCUT2D eigenvalue weighted by atomic mass is 10.2. The molecule has 0 bridgehead atoms. The zero-order valence-electron chi connectivity index (χ0n) is 9.17. The molecule has 0 fully saturated rings. The fourth-order valence-electron chi connectivity index (χ4n) is 1.31. The van der Waals surface area contributed by atoms with E-state index < -0.39 is 0 Å². The minimum atomic E-state index is 0.215. The standard InChI is InChI=1S/C13H12BrNO2/c14-12-6-13(8-15-7-12)17-10-16-9-11-4-2-1-3-5-11/h1-8H,9-10H2. The second-order valence-corrected chi connectivity index (χ2v) is 4.35. The third-order valence-corrected chi connectivity index (χ3v) is 2.53. The first-order chi connectivity index (χ1) is 8.34. The van der Waals surface area contributed by atoms with Crippen LogP contribution in [0, 0.1) is 0 Å². The maximum atomic E-state index is 5.40. The van der Waals surface area contributed by atoms with Crippen molar-refractivity contribution in [2.75, 3.05) is 6.79 Å². The molecule has 3 nitrogen and oxygen atoms in total. The molecule has 0 radical (unpaired) electrons. The van der Waals surface area contributed by atoms with Gasteiger partial charge in [0, 0.05) is 10.7 Å². The molecule has 0 N–H and O–H groups in total. The summed E-state index contributed by atoms with van der Waals surface area (Å²) < 4.78 is 11.7. The Bertz CT molecular complexity index is 462. The number of aromatic nitrogens is 1. The first kappa shape index (κ1) is 12.1. The Kier molecular flexibility index (Phi) is 4.53. The predicted molar refractivity (Wildman–Crippen MR) is 68.7 cm³/mol. The highest BCUT2D eigenvalue weighted by atomic mass is 79.9. The Labute approximate surface area is 109 Å². The summed E-state index contributed by atoms with van der Waals surface area (Å²) in [6.45, 7) is 0.759. The van der Waals surface area contributed by atoms with E-state index in [2.05, 4.69) is 20.9 Å². The fraction of sp³-hybridized carbons (Fsp3) is 0.154. The third-order valence-electron chi connectivity index (χ3n) is 2.10. The van der Waals surface area contributed by atoms with Crippen molar-refractivity contribution in [1.82, 2.24) is 4.98 Å². The molecule has 0 aliphatic rings. The van der Waals surface area contributed by atoms with E-state index in [1.807, 2.05) is 36.4 Å². The van der Waals surface area contributed by atoms with Gasteiger partial charge in [-0.25, -0.2) is 0 Å². The van der Waals surface area contributed by atoms with Crippen LogP contribution in [0.2, 0.25) is 0 Å². The van der Waals surface area contributed by atoms with Gasteiger partial charge in [-0.15, -0.1) is 0 Å². The number of hydrogen-bond donors (Lipinski definition) is 0. The normalized spacial score (nSPS) is 10.2. The van der Waals surface area contributed by atoms with Gasteiger partial charge in [0.15, 0.2) is 6.79 Å². The van der Waals surface area contributed by atoms with E-state index in [0.29, 0.717) is 12.4 Å². The molecule has 0 aliphatic carbocycles.